The van der Waals surface area contributed by atoms with E-state index < -0.39 is 0 Å². The highest BCUT2D eigenvalue weighted by Crippen LogP contribution is 2.39. The van der Waals surface area contributed by atoms with Crippen LogP contribution in [0, 0.1) is 5.41 Å². The summed E-state index contributed by atoms with van der Waals surface area (Å²) in [7, 11) is 0. The van der Waals surface area contributed by atoms with Gasteiger partial charge in [0.15, 0.2) is 5.65 Å². The van der Waals surface area contributed by atoms with Crippen LogP contribution in [0.1, 0.15) is 55.1 Å². The number of aromatic amines is 1. The van der Waals surface area contributed by atoms with E-state index in [1.165, 1.54) is 0 Å². The van der Waals surface area contributed by atoms with Gasteiger partial charge in [0.1, 0.15) is 5.52 Å². The van der Waals surface area contributed by atoms with Crippen molar-refractivity contribution in [2.24, 2.45) is 5.41 Å². The minimum atomic E-state index is -0.188. The van der Waals surface area contributed by atoms with E-state index >= 15 is 0 Å². The van der Waals surface area contributed by atoms with Gasteiger partial charge in [-0.3, -0.25) is 4.79 Å². The first-order valence-electron chi connectivity index (χ1n) is 7.73. The zero-order chi connectivity index (χ0) is 15.7. The van der Waals surface area contributed by atoms with Crippen LogP contribution in [-0.2, 0) is 0 Å². The maximum atomic E-state index is 12.3. The van der Waals surface area contributed by atoms with Gasteiger partial charge in [0.25, 0.3) is 5.91 Å². The molecule has 0 radical (unpaired) electrons. The molecule has 2 heterocycles. The summed E-state index contributed by atoms with van der Waals surface area (Å²) < 4.78 is 0. The summed E-state index contributed by atoms with van der Waals surface area (Å²) in [5.41, 5.74) is 2.61. The second-order valence-electron chi connectivity index (χ2n) is 6.80. The molecule has 2 aromatic rings. The largest absolute Gasteiger partial charge is 0.396 e. The number of fused-ring (bicyclic) bond motifs is 1. The highest BCUT2D eigenvalue weighted by atomic mass is 16.3. The Bertz CT molecular complexity index is 689. The summed E-state index contributed by atoms with van der Waals surface area (Å²) >= 11 is 0. The number of aliphatic hydroxyl groups is 1. The van der Waals surface area contributed by atoms with Crippen molar-refractivity contribution in [2.45, 2.75) is 39.0 Å². The zero-order valence-corrected chi connectivity index (χ0v) is 13.0. The molecule has 0 spiro atoms. The van der Waals surface area contributed by atoms with Crippen molar-refractivity contribution in [3.8, 4) is 0 Å². The van der Waals surface area contributed by atoms with E-state index in [0.29, 0.717) is 29.2 Å². The molecule has 0 aliphatic heterocycles. The van der Waals surface area contributed by atoms with E-state index in [2.05, 4.69) is 20.3 Å². The molecule has 1 aliphatic carbocycles. The molecule has 1 aliphatic rings. The van der Waals surface area contributed by atoms with Gasteiger partial charge in [-0.15, -0.1) is 0 Å². The van der Waals surface area contributed by atoms with Gasteiger partial charge >= 0.3 is 0 Å². The van der Waals surface area contributed by atoms with Crippen LogP contribution in [0.5, 0.6) is 0 Å². The predicted molar refractivity (Wildman–Crippen MR) is 83.7 cm³/mol. The van der Waals surface area contributed by atoms with Gasteiger partial charge in [-0.25, -0.2) is 9.97 Å². The molecule has 1 amide bonds. The topological polar surface area (TPSA) is 90.9 Å². The molecule has 0 bridgehead atoms. The quantitative estimate of drug-likeness (QED) is 0.761. The fourth-order valence-electron chi connectivity index (χ4n) is 2.34. The van der Waals surface area contributed by atoms with E-state index in [1.807, 2.05) is 13.8 Å². The molecule has 3 rings (SSSR count). The van der Waals surface area contributed by atoms with Crippen LogP contribution in [0.3, 0.4) is 0 Å². The maximum Gasteiger partial charge on any atom is 0.255 e. The molecule has 6 nitrogen and oxygen atoms in total. The fraction of sp³-hybridized carbons (Fsp3) is 0.562. The molecule has 0 unspecified atom stereocenters. The van der Waals surface area contributed by atoms with Crippen LogP contribution in [0.25, 0.3) is 11.2 Å². The van der Waals surface area contributed by atoms with Crippen molar-refractivity contribution in [3.63, 3.8) is 0 Å². The Labute approximate surface area is 129 Å². The first kappa shape index (κ1) is 15.0. The molecule has 1 saturated carbocycles. The fourth-order valence-corrected chi connectivity index (χ4v) is 2.34. The van der Waals surface area contributed by atoms with Crippen molar-refractivity contribution in [1.82, 2.24) is 20.3 Å². The lowest BCUT2D eigenvalue weighted by molar-refractivity contribution is 0.0939. The first-order chi connectivity index (χ1) is 10.5. The minimum absolute atomic E-state index is 0.103. The van der Waals surface area contributed by atoms with Gasteiger partial charge in [0, 0.05) is 25.3 Å². The maximum absolute atomic E-state index is 12.3. The molecule has 0 saturated heterocycles. The number of nitrogens with one attached hydrogen (secondary N) is 2. The van der Waals surface area contributed by atoms with Crippen molar-refractivity contribution in [3.05, 3.63) is 23.7 Å². The first-order valence-corrected chi connectivity index (χ1v) is 7.73. The third kappa shape index (κ3) is 3.11. The number of rotatable bonds is 6. The molecule has 0 aromatic carbocycles. The molecule has 0 atom stereocenters. The smallest absolute Gasteiger partial charge is 0.255 e. The van der Waals surface area contributed by atoms with E-state index in [4.69, 9.17) is 0 Å². The van der Waals surface area contributed by atoms with Crippen LogP contribution in [0.2, 0.25) is 0 Å². The monoisotopic (exact) mass is 302 g/mol. The van der Waals surface area contributed by atoms with Crippen LogP contribution < -0.4 is 5.32 Å². The number of nitrogens with zero attached hydrogens (tertiary/aromatic N) is 2. The van der Waals surface area contributed by atoms with E-state index in [9.17, 15) is 9.90 Å². The number of hydrogen-bond donors (Lipinski definition) is 3. The number of carbonyl (C=O) groups is 1. The normalized spacial score (nSPS) is 15.2. The number of H-pyrrole nitrogens is 1. The van der Waals surface area contributed by atoms with Crippen molar-refractivity contribution < 1.29 is 9.90 Å². The lowest BCUT2D eigenvalue weighted by atomic mass is 9.91. The average Bonchev–Trinajstić information content (AvgIpc) is 3.26. The summed E-state index contributed by atoms with van der Waals surface area (Å²) in [5, 5.41) is 12.1. The van der Waals surface area contributed by atoms with E-state index in [1.54, 1.807) is 12.4 Å². The average molecular weight is 302 g/mol. The van der Waals surface area contributed by atoms with Crippen molar-refractivity contribution in [1.29, 1.82) is 0 Å². The van der Waals surface area contributed by atoms with Gasteiger partial charge in [-0.1, -0.05) is 13.8 Å². The molecule has 22 heavy (non-hydrogen) atoms. The number of aliphatic hydroxyl groups excluding tert-OH is 1. The Morgan fingerprint density at radius 2 is 2.27 bits per heavy atom. The Morgan fingerprint density at radius 3 is 2.95 bits per heavy atom. The van der Waals surface area contributed by atoms with Gasteiger partial charge in [-0.2, -0.15) is 0 Å². The van der Waals surface area contributed by atoms with Crippen molar-refractivity contribution >= 4 is 17.1 Å². The molecular formula is C16H22N4O2. The van der Waals surface area contributed by atoms with Gasteiger partial charge < -0.3 is 15.4 Å². The summed E-state index contributed by atoms with van der Waals surface area (Å²) in [6, 6.07) is 0. The third-order valence-corrected chi connectivity index (χ3v) is 4.16. The number of amides is 1. The summed E-state index contributed by atoms with van der Waals surface area (Å²) in [6.07, 6.45) is 6.48. The van der Waals surface area contributed by atoms with Gasteiger partial charge in [0.2, 0.25) is 0 Å². The second kappa shape index (κ2) is 5.68. The van der Waals surface area contributed by atoms with Crippen LogP contribution >= 0.6 is 0 Å². The van der Waals surface area contributed by atoms with Crippen LogP contribution in [-0.4, -0.2) is 39.1 Å². The third-order valence-electron chi connectivity index (χ3n) is 4.16. The number of carbonyl (C=O) groups excluding carboxylic acids is 1. The molecule has 6 heteroatoms. The Hall–Kier alpha value is -1.95. The van der Waals surface area contributed by atoms with Crippen LogP contribution in [0.15, 0.2) is 12.4 Å². The van der Waals surface area contributed by atoms with E-state index in [0.717, 1.165) is 25.0 Å². The number of aromatic nitrogens is 3. The summed E-state index contributed by atoms with van der Waals surface area (Å²) in [6.45, 7) is 4.57. The van der Waals surface area contributed by atoms with Gasteiger partial charge in [-0.05, 0) is 24.7 Å². The minimum Gasteiger partial charge on any atom is -0.396 e. The Morgan fingerprint density at radius 1 is 1.50 bits per heavy atom. The Kier molecular flexibility index (Phi) is 3.87. The molecule has 1 fully saturated rings. The van der Waals surface area contributed by atoms with Gasteiger partial charge in [0.05, 0.1) is 17.5 Å². The number of hydrogen-bond acceptors (Lipinski definition) is 4. The summed E-state index contributed by atoms with van der Waals surface area (Å²) in [4.78, 5) is 24.3. The highest BCUT2D eigenvalue weighted by molar-refractivity contribution is 6.04. The second-order valence-corrected chi connectivity index (χ2v) is 6.80. The SMILES string of the molecule is CC(C)(CO)CCNC(=O)c1c[nH]c2ncc(C3CC3)nc12. The molecule has 118 valence electrons. The lowest BCUT2D eigenvalue weighted by Crippen LogP contribution is -2.29. The van der Waals surface area contributed by atoms with Crippen LogP contribution in [0.4, 0.5) is 0 Å². The highest BCUT2D eigenvalue weighted by Gasteiger charge is 2.26. The predicted octanol–water partition coefficient (Wildman–Crippen LogP) is 1.97. The standard InChI is InChI=1S/C16H22N4O2/c1-16(2,9-21)5-6-17-15(22)11-7-18-14-13(11)20-12(8-19-14)10-3-4-10/h7-8,10,21H,3-6,9H2,1-2H3,(H,17,22)(H,18,19). The molecule has 3 N–H and O–H groups in total. The zero-order valence-electron chi connectivity index (χ0n) is 13.0. The Balaban J connectivity index is 1.72. The lowest BCUT2D eigenvalue weighted by Gasteiger charge is -2.21. The van der Waals surface area contributed by atoms with E-state index in [-0.39, 0.29) is 17.9 Å². The molecule has 2 aromatic heterocycles. The van der Waals surface area contributed by atoms with Crippen molar-refractivity contribution in [2.75, 3.05) is 13.2 Å². The summed E-state index contributed by atoms with van der Waals surface area (Å²) in [5.74, 6) is 0.357. The molecular weight excluding hydrogens is 280 g/mol.